The second-order valence-corrected chi connectivity index (χ2v) is 9.51. The van der Waals surface area contributed by atoms with Gasteiger partial charge in [0.2, 0.25) is 11.9 Å². The van der Waals surface area contributed by atoms with Crippen LogP contribution < -0.4 is 4.90 Å². The summed E-state index contributed by atoms with van der Waals surface area (Å²) in [6.07, 6.45) is 2.02. The number of benzene rings is 3. The Morgan fingerprint density at radius 1 is 1.03 bits per heavy atom. The van der Waals surface area contributed by atoms with Gasteiger partial charge in [-0.15, -0.1) is 11.8 Å². The van der Waals surface area contributed by atoms with Crippen molar-refractivity contribution in [2.75, 3.05) is 17.8 Å². The summed E-state index contributed by atoms with van der Waals surface area (Å²) < 4.78 is 7.47. The van der Waals surface area contributed by atoms with Gasteiger partial charge in [0.15, 0.2) is 5.92 Å². The maximum absolute atomic E-state index is 14.0. The fraction of sp³-hybridized carbons (Fsp3) is 0.250. The molecule has 0 radical (unpaired) electrons. The lowest BCUT2D eigenvalue weighted by Gasteiger charge is -2.38. The van der Waals surface area contributed by atoms with E-state index in [1.807, 2.05) is 90.5 Å². The average Bonchev–Trinajstić information content (AvgIpc) is 3.26. The first-order valence-electron chi connectivity index (χ1n) is 11.7. The van der Waals surface area contributed by atoms with Crippen molar-refractivity contribution in [3.05, 3.63) is 89.5 Å². The Hall–Kier alpha value is -3.58. The number of aromatic nitrogens is 2. The standard InChI is InChI=1S/C28H27N3O3S/c1-4-34-27(33)24-25(20-13-15-21(35-3)16-14-20)31-23-8-6-5-7-22(23)29-28(31)30(26(24)32)17-19-11-9-18(2)10-12-19/h5-16,24-25H,4,17H2,1-3H3/t24-,25+/m1/s1. The molecule has 2 heterocycles. The van der Waals surface area contributed by atoms with Gasteiger partial charge in [0.25, 0.3) is 0 Å². The summed E-state index contributed by atoms with van der Waals surface area (Å²) in [5.74, 6) is -1.30. The number of fused-ring (bicyclic) bond motifs is 3. The van der Waals surface area contributed by atoms with E-state index in [1.165, 1.54) is 0 Å². The SMILES string of the molecule is CCOC(=O)[C@H]1C(=O)N(Cc2ccc(C)cc2)c2nc3ccccc3n2[C@H]1c1ccc(SC)cc1. The van der Waals surface area contributed by atoms with Gasteiger partial charge in [0.05, 0.1) is 30.2 Å². The highest BCUT2D eigenvalue weighted by Crippen LogP contribution is 2.42. The molecule has 178 valence electrons. The lowest BCUT2D eigenvalue weighted by atomic mass is 9.89. The zero-order valence-corrected chi connectivity index (χ0v) is 20.8. The number of anilines is 1. The molecule has 1 aromatic heterocycles. The summed E-state index contributed by atoms with van der Waals surface area (Å²) in [7, 11) is 0. The second-order valence-electron chi connectivity index (χ2n) is 8.63. The number of imidazole rings is 1. The molecular weight excluding hydrogens is 458 g/mol. The van der Waals surface area contributed by atoms with Crippen molar-refractivity contribution in [1.29, 1.82) is 0 Å². The topological polar surface area (TPSA) is 64.4 Å². The Labute approximate surface area is 208 Å². The van der Waals surface area contributed by atoms with Gasteiger partial charge in [-0.1, -0.05) is 54.1 Å². The average molecular weight is 486 g/mol. The van der Waals surface area contributed by atoms with Gasteiger partial charge < -0.3 is 9.30 Å². The molecule has 1 amide bonds. The lowest BCUT2D eigenvalue weighted by molar-refractivity contribution is -0.153. The minimum absolute atomic E-state index is 0.205. The number of carbonyl (C=O) groups excluding carboxylic acids is 2. The number of rotatable bonds is 6. The van der Waals surface area contributed by atoms with E-state index in [0.717, 1.165) is 32.6 Å². The third-order valence-corrected chi connectivity index (χ3v) is 7.15. The monoisotopic (exact) mass is 485 g/mol. The normalized spacial score (nSPS) is 17.5. The Morgan fingerprint density at radius 2 is 1.74 bits per heavy atom. The molecule has 1 aliphatic heterocycles. The van der Waals surface area contributed by atoms with E-state index in [1.54, 1.807) is 23.6 Å². The fourth-order valence-electron chi connectivity index (χ4n) is 4.68. The van der Waals surface area contributed by atoms with Gasteiger partial charge in [-0.3, -0.25) is 14.5 Å². The van der Waals surface area contributed by atoms with E-state index in [9.17, 15) is 9.59 Å². The van der Waals surface area contributed by atoms with E-state index in [-0.39, 0.29) is 12.5 Å². The van der Waals surface area contributed by atoms with Crippen LogP contribution in [0.15, 0.2) is 77.7 Å². The van der Waals surface area contributed by atoms with Crippen molar-refractivity contribution in [2.24, 2.45) is 5.92 Å². The number of para-hydroxylation sites is 2. The number of aryl methyl sites for hydroxylation is 1. The molecule has 0 saturated heterocycles. The van der Waals surface area contributed by atoms with Crippen LogP contribution >= 0.6 is 11.8 Å². The van der Waals surface area contributed by atoms with E-state index in [2.05, 4.69) is 0 Å². The highest BCUT2D eigenvalue weighted by Gasteiger charge is 2.47. The summed E-state index contributed by atoms with van der Waals surface area (Å²) in [5.41, 5.74) is 4.63. The van der Waals surface area contributed by atoms with Gasteiger partial charge in [-0.2, -0.15) is 0 Å². The molecular formula is C28H27N3O3S. The summed E-state index contributed by atoms with van der Waals surface area (Å²) in [6, 6.07) is 23.3. The molecule has 5 rings (SSSR count). The van der Waals surface area contributed by atoms with E-state index in [0.29, 0.717) is 12.5 Å². The Bertz CT molecular complexity index is 1380. The molecule has 0 aliphatic carbocycles. The van der Waals surface area contributed by atoms with Crippen LogP contribution in [0.5, 0.6) is 0 Å². The van der Waals surface area contributed by atoms with Crippen LogP contribution in [-0.2, 0) is 20.9 Å². The first kappa shape index (κ1) is 23.2. The zero-order chi connectivity index (χ0) is 24.5. The largest absolute Gasteiger partial charge is 0.465 e. The molecule has 35 heavy (non-hydrogen) atoms. The van der Waals surface area contributed by atoms with Crippen LogP contribution in [0, 0.1) is 12.8 Å². The molecule has 7 heteroatoms. The Kier molecular flexibility index (Phi) is 6.34. The molecule has 6 nitrogen and oxygen atoms in total. The fourth-order valence-corrected chi connectivity index (χ4v) is 5.08. The van der Waals surface area contributed by atoms with Crippen LogP contribution in [0.3, 0.4) is 0 Å². The predicted octanol–water partition coefficient (Wildman–Crippen LogP) is 5.38. The van der Waals surface area contributed by atoms with Crippen molar-refractivity contribution in [3.63, 3.8) is 0 Å². The predicted molar refractivity (Wildman–Crippen MR) is 139 cm³/mol. The number of hydrogen-bond acceptors (Lipinski definition) is 5. The van der Waals surface area contributed by atoms with Crippen LogP contribution in [-0.4, -0.2) is 34.3 Å². The van der Waals surface area contributed by atoms with Crippen LogP contribution in [0.1, 0.15) is 29.7 Å². The maximum Gasteiger partial charge on any atom is 0.321 e. The first-order valence-corrected chi connectivity index (χ1v) is 12.9. The molecule has 1 aliphatic rings. The number of ether oxygens (including phenoxy) is 1. The van der Waals surface area contributed by atoms with Crippen LogP contribution in [0.2, 0.25) is 0 Å². The molecule has 0 bridgehead atoms. The van der Waals surface area contributed by atoms with Gasteiger partial charge in [-0.25, -0.2) is 4.98 Å². The van der Waals surface area contributed by atoms with Gasteiger partial charge in [0.1, 0.15) is 0 Å². The maximum atomic E-state index is 14.0. The Balaban J connectivity index is 1.72. The number of carbonyl (C=O) groups is 2. The summed E-state index contributed by atoms with van der Waals surface area (Å²) in [6.45, 7) is 4.31. The van der Waals surface area contributed by atoms with Crippen molar-refractivity contribution < 1.29 is 14.3 Å². The van der Waals surface area contributed by atoms with E-state index < -0.39 is 17.9 Å². The van der Waals surface area contributed by atoms with E-state index >= 15 is 0 Å². The molecule has 0 fully saturated rings. The highest BCUT2D eigenvalue weighted by molar-refractivity contribution is 7.98. The number of amides is 1. The van der Waals surface area contributed by atoms with Crippen molar-refractivity contribution in [1.82, 2.24) is 9.55 Å². The van der Waals surface area contributed by atoms with Crippen LogP contribution in [0.25, 0.3) is 11.0 Å². The minimum atomic E-state index is -1.02. The molecule has 0 saturated carbocycles. The van der Waals surface area contributed by atoms with Crippen molar-refractivity contribution in [3.8, 4) is 0 Å². The third kappa shape index (κ3) is 4.21. The van der Waals surface area contributed by atoms with Gasteiger partial charge >= 0.3 is 5.97 Å². The van der Waals surface area contributed by atoms with Crippen molar-refractivity contribution in [2.45, 2.75) is 31.3 Å². The number of thioether (sulfide) groups is 1. The zero-order valence-electron chi connectivity index (χ0n) is 20.0. The van der Waals surface area contributed by atoms with Gasteiger partial charge in [-0.05, 0) is 55.5 Å². The Morgan fingerprint density at radius 3 is 2.43 bits per heavy atom. The van der Waals surface area contributed by atoms with E-state index in [4.69, 9.17) is 9.72 Å². The molecule has 0 spiro atoms. The minimum Gasteiger partial charge on any atom is -0.465 e. The first-order chi connectivity index (χ1) is 17.0. The lowest BCUT2D eigenvalue weighted by Crippen LogP contribution is -2.49. The summed E-state index contributed by atoms with van der Waals surface area (Å²) in [4.78, 5) is 34.9. The third-order valence-electron chi connectivity index (χ3n) is 6.40. The number of hydrogen-bond donors (Lipinski definition) is 0. The van der Waals surface area contributed by atoms with Crippen LogP contribution in [0.4, 0.5) is 5.95 Å². The number of esters is 1. The molecule has 4 aromatic rings. The number of nitrogens with zero attached hydrogens (tertiary/aromatic N) is 3. The highest BCUT2D eigenvalue weighted by atomic mass is 32.2. The molecule has 0 N–H and O–H groups in total. The molecule has 2 atom stereocenters. The molecule has 0 unspecified atom stereocenters. The smallest absolute Gasteiger partial charge is 0.321 e. The van der Waals surface area contributed by atoms with Gasteiger partial charge in [0, 0.05) is 4.90 Å². The summed E-state index contributed by atoms with van der Waals surface area (Å²) >= 11 is 1.65. The quantitative estimate of drug-likeness (QED) is 0.208. The molecule has 3 aromatic carbocycles. The summed E-state index contributed by atoms with van der Waals surface area (Å²) in [5, 5.41) is 0. The van der Waals surface area contributed by atoms with Crippen molar-refractivity contribution >= 4 is 40.6 Å². The second kappa shape index (κ2) is 9.58.